The van der Waals surface area contributed by atoms with E-state index in [1.54, 1.807) is 6.07 Å². The fraction of sp³-hybridized carbons (Fsp3) is 0.704. The van der Waals surface area contributed by atoms with Gasteiger partial charge in [0.2, 0.25) is 0 Å². The van der Waals surface area contributed by atoms with Crippen LogP contribution in [0.25, 0.3) is 0 Å². The lowest BCUT2D eigenvalue weighted by Gasteiger charge is -2.61. The molecule has 0 aliphatic heterocycles. The molecule has 3 nitrogen and oxygen atoms in total. The number of hydrogen-bond acceptors (Lipinski definition) is 3. The van der Waals surface area contributed by atoms with E-state index in [1.165, 1.54) is 5.56 Å². The van der Waals surface area contributed by atoms with Gasteiger partial charge in [0.15, 0.2) is 0 Å². The van der Waals surface area contributed by atoms with E-state index >= 15 is 0 Å². The van der Waals surface area contributed by atoms with Gasteiger partial charge in [-0.3, -0.25) is 0 Å². The van der Waals surface area contributed by atoms with Crippen LogP contribution in [0.1, 0.15) is 82.3 Å². The summed E-state index contributed by atoms with van der Waals surface area (Å²) in [6.45, 7) is 8.41. The zero-order valence-electron chi connectivity index (χ0n) is 19.7. The molecular weight excluding hydrogens is 429 g/mol. The Kier molecular flexibility index (Phi) is 6.18. The number of phenolic OH excluding ortho intramolecular Hbond substituents is 1. The number of aromatic hydroxyl groups is 1. The highest BCUT2D eigenvalue weighted by molar-refractivity contribution is 5.43. The second-order valence-electron chi connectivity index (χ2n) is 11.3. The summed E-state index contributed by atoms with van der Waals surface area (Å²) in [6.07, 6.45) is 0.851. The van der Waals surface area contributed by atoms with Crippen molar-refractivity contribution in [1.82, 2.24) is 0 Å². The zero-order valence-corrected chi connectivity index (χ0v) is 19.7. The summed E-state index contributed by atoms with van der Waals surface area (Å²) in [5.74, 6) is 0.883. The Bertz CT molecular complexity index is 895. The Balaban J connectivity index is 1.66. The molecule has 184 valence electrons. The van der Waals surface area contributed by atoms with Crippen molar-refractivity contribution in [2.45, 2.75) is 95.4 Å². The summed E-state index contributed by atoms with van der Waals surface area (Å²) in [4.78, 5) is 0. The normalized spacial score (nSPS) is 38.8. The monoisotopic (exact) mass is 466 g/mol. The smallest absolute Gasteiger partial charge is 0.414 e. The molecule has 6 heteroatoms. The van der Waals surface area contributed by atoms with E-state index in [0.29, 0.717) is 12.8 Å². The maximum atomic E-state index is 12.7. The van der Waals surface area contributed by atoms with Gasteiger partial charge in [0.05, 0.1) is 5.60 Å². The van der Waals surface area contributed by atoms with Crippen LogP contribution >= 0.6 is 0 Å². The van der Waals surface area contributed by atoms with E-state index in [0.717, 1.165) is 44.1 Å². The molecule has 0 radical (unpaired) electrons. The van der Waals surface area contributed by atoms with Crippen LogP contribution in [-0.4, -0.2) is 33.2 Å². The molecule has 4 rings (SSSR count). The van der Waals surface area contributed by atoms with Crippen molar-refractivity contribution in [3.05, 3.63) is 42.0 Å². The van der Waals surface area contributed by atoms with Gasteiger partial charge in [0.25, 0.3) is 0 Å². The third-order valence-electron chi connectivity index (χ3n) is 9.65. The predicted molar refractivity (Wildman–Crippen MR) is 122 cm³/mol. The lowest BCUT2D eigenvalue weighted by molar-refractivity contribution is -0.205. The average molecular weight is 467 g/mol. The van der Waals surface area contributed by atoms with Gasteiger partial charge in [-0.1, -0.05) is 31.9 Å². The molecule has 3 aliphatic rings. The van der Waals surface area contributed by atoms with Crippen LogP contribution in [-0.2, 0) is 6.42 Å². The number of aliphatic hydroxyl groups is 2. The topological polar surface area (TPSA) is 60.7 Å². The molecule has 3 unspecified atom stereocenters. The van der Waals surface area contributed by atoms with Crippen LogP contribution in [0.5, 0.6) is 5.75 Å². The third-order valence-corrected chi connectivity index (χ3v) is 9.65. The first-order valence-electron chi connectivity index (χ1n) is 12.3. The van der Waals surface area contributed by atoms with Gasteiger partial charge in [0, 0.05) is 0 Å². The summed E-state index contributed by atoms with van der Waals surface area (Å²) in [5, 5.41) is 30.8. The number of phenols is 1. The van der Waals surface area contributed by atoms with E-state index in [2.05, 4.69) is 19.6 Å². The number of halogens is 3. The van der Waals surface area contributed by atoms with E-state index in [9.17, 15) is 28.5 Å². The van der Waals surface area contributed by atoms with Gasteiger partial charge < -0.3 is 15.3 Å². The van der Waals surface area contributed by atoms with Crippen molar-refractivity contribution in [1.29, 1.82) is 0 Å². The van der Waals surface area contributed by atoms with E-state index in [4.69, 9.17) is 0 Å². The van der Waals surface area contributed by atoms with Crippen molar-refractivity contribution in [3.63, 3.8) is 0 Å². The van der Waals surface area contributed by atoms with Crippen LogP contribution in [0.15, 0.2) is 30.9 Å². The number of rotatable bonds is 6. The highest BCUT2D eigenvalue weighted by atomic mass is 19.4. The van der Waals surface area contributed by atoms with Crippen LogP contribution in [0, 0.1) is 22.7 Å². The average Bonchev–Trinajstić information content (AvgIpc) is 2.98. The van der Waals surface area contributed by atoms with Crippen molar-refractivity contribution in [3.8, 4) is 5.75 Å². The first kappa shape index (κ1) is 24.6. The molecule has 0 aromatic heterocycles. The Morgan fingerprint density at radius 3 is 2.61 bits per heavy atom. The number of allylic oxidation sites excluding steroid dienone is 1. The SMILES string of the molecule is C=C[C@@]12CCc3cc(O)ccc3C1[C@@H](CCCCC(O)C(F)(F)F)C[C@@]1(C)C2CC[C@]1(C)O. The molecule has 3 aliphatic carbocycles. The summed E-state index contributed by atoms with van der Waals surface area (Å²) in [5.41, 5.74) is 1.09. The van der Waals surface area contributed by atoms with Gasteiger partial charge in [-0.2, -0.15) is 13.2 Å². The van der Waals surface area contributed by atoms with Crippen molar-refractivity contribution in [2.24, 2.45) is 22.7 Å². The number of fused-ring (bicyclic) bond motifs is 5. The first-order valence-corrected chi connectivity index (χ1v) is 12.3. The van der Waals surface area contributed by atoms with Crippen molar-refractivity contribution >= 4 is 0 Å². The first-order chi connectivity index (χ1) is 15.4. The fourth-order valence-corrected chi connectivity index (χ4v) is 7.83. The van der Waals surface area contributed by atoms with Crippen LogP contribution < -0.4 is 0 Å². The van der Waals surface area contributed by atoms with Crippen LogP contribution in [0.4, 0.5) is 13.2 Å². The fourth-order valence-electron chi connectivity index (χ4n) is 7.83. The quantitative estimate of drug-likeness (QED) is 0.342. The Morgan fingerprint density at radius 2 is 1.94 bits per heavy atom. The second-order valence-corrected chi connectivity index (χ2v) is 11.3. The number of hydrogen-bond donors (Lipinski definition) is 3. The maximum Gasteiger partial charge on any atom is 0.414 e. The molecule has 0 bridgehead atoms. The molecule has 33 heavy (non-hydrogen) atoms. The molecule has 2 saturated carbocycles. The van der Waals surface area contributed by atoms with Crippen molar-refractivity contribution < 1.29 is 28.5 Å². The minimum atomic E-state index is -4.57. The number of benzene rings is 1. The van der Waals surface area contributed by atoms with Gasteiger partial charge in [-0.15, -0.1) is 6.58 Å². The molecule has 1 aromatic rings. The molecular formula is C27H37F3O3. The molecule has 0 heterocycles. The van der Waals surface area contributed by atoms with Crippen molar-refractivity contribution in [2.75, 3.05) is 0 Å². The molecule has 7 atom stereocenters. The lowest BCUT2D eigenvalue weighted by Crippen LogP contribution is -2.56. The predicted octanol–water partition coefficient (Wildman–Crippen LogP) is 6.27. The van der Waals surface area contributed by atoms with Gasteiger partial charge >= 0.3 is 6.18 Å². The maximum absolute atomic E-state index is 12.7. The van der Waals surface area contributed by atoms with E-state index in [1.807, 2.05) is 19.1 Å². The van der Waals surface area contributed by atoms with Gasteiger partial charge in [-0.05, 0) is 104 Å². The minimum absolute atomic E-state index is 0.166. The van der Waals surface area contributed by atoms with Gasteiger partial charge in [-0.25, -0.2) is 0 Å². The summed E-state index contributed by atoms with van der Waals surface area (Å²) in [7, 11) is 0. The zero-order chi connectivity index (χ0) is 24.2. The number of alkyl halides is 3. The standard InChI is InChI=1S/C27H37F3O3/c1-4-26-14-11-17-15-19(31)9-10-20(17)23(26)18(7-5-6-8-22(32)27(28,29)30)16-24(2)21(26)12-13-25(24,3)33/h4,9-10,15,18,21-23,31-33H,1,5-8,11-14,16H2,2-3H3/t18-,21?,22?,23?,24-,25-,26-/m0/s1. The molecule has 0 spiro atoms. The third kappa shape index (κ3) is 3.91. The van der Waals surface area contributed by atoms with Crippen LogP contribution in [0.2, 0.25) is 0 Å². The number of aliphatic hydroxyl groups excluding tert-OH is 1. The number of unbranched alkanes of at least 4 members (excludes halogenated alkanes) is 1. The second kappa shape index (κ2) is 8.30. The minimum Gasteiger partial charge on any atom is -0.508 e. The lowest BCUT2D eigenvalue weighted by atomic mass is 9.43. The number of aryl methyl sites for hydroxylation is 1. The molecule has 2 fully saturated rings. The highest BCUT2D eigenvalue weighted by Gasteiger charge is 2.66. The van der Waals surface area contributed by atoms with E-state index in [-0.39, 0.29) is 40.8 Å². The molecule has 0 saturated heterocycles. The van der Waals surface area contributed by atoms with Crippen LogP contribution in [0.3, 0.4) is 0 Å². The van der Waals surface area contributed by atoms with E-state index < -0.39 is 17.9 Å². The van der Waals surface area contributed by atoms with Gasteiger partial charge in [0.1, 0.15) is 11.9 Å². The highest BCUT2D eigenvalue weighted by Crippen LogP contribution is 2.71. The summed E-state index contributed by atoms with van der Waals surface area (Å²) >= 11 is 0. The molecule has 3 N–H and O–H groups in total. The molecule has 0 amide bonds. The largest absolute Gasteiger partial charge is 0.508 e. The summed E-state index contributed by atoms with van der Waals surface area (Å²) < 4.78 is 38.2. The Labute approximate surface area is 194 Å². The Morgan fingerprint density at radius 1 is 1.21 bits per heavy atom. The summed E-state index contributed by atoms with van der Waals surface area (Å²) in [6, 6.07) is 5.59. The molecule has 1 aromatic carbocycles. The Hall–Kier alpha value is -1.53.